The first-order valence-electron chi connectivity index (χ1n) is 4.81. The molecular weight excluding hydrogens is 239 g/mol. The highest BCUT2D eigenvalue weighted by atomic mass is 35.5. The fraction of sp³-hybridized carbons (Fsp3) is 0. The van der Waals surface area contributed by atoms with Crippen LogP contribution in [0.25, 0.3) is 17.2 Å². The van der Waals surface area contributed by atoms with E-state index in [4.69, 9.17) is 29.8 Å². The quantitative estimate of drug-likeness (QED) is 0.693. The zero-order valence-corrected chi connectivity index (χ0v) is 9.96. The lowest BCUT2D eigenvalue weighted by Crippen LogP contribution is -1.80. The van der Waals surface area contributed by atoms with Crippen LogP contribution in [0.15, 0.2) is 42.5 Å². The van der Waals surface area contributed by atoms with Gasteiger partial charge in [0, 0.05) is 0 Å². The van der Waals surface area contributed by atoms with E-state index >= 15 is 0 Å². The lowest BCUT2D eigenvalue weighted by molar-refractivity contribution is 1.60. The average Bonchev–Trinajstić information content (AvgIpc) is 2.33. The Morgan fingerprint density at radius 3 is 2.31 bits per heavy atom. The molecule has 2 rings (SSSR count). The maximum Gasteiger partial charge on any atom is 0.0598 e. The Balaban J connectivity index is 2.49. The average molecular weight is 248 g/mol. The summed E-state index contributed by atoms with van der Waals surface area (Å²) < 4.78 is 0. The molecular formula is C14H9Cl2. The molecule has 0 N–H and O–H groups in total. The predicted molar refractivity (Wildman–Crippen MR) is 70.7 cm³/mol. The van der Waals surface area contributed by atoms with Crippen molar-refractivity contribution in [1.82, 2.24) is 0 Å². The smallest absolute Gasteiger partial charge is 0.0598 e. The third kappa shape index (κ3) is 2.29. The number of benzene rings is 2. The fourth-order valence-corrected chi connectivity index (χ4v) is 1.80. The highest BCUT2D eigenvalue weighted by Crippen LogP contribution is 2.28. The summed E-state index contributed by atoms with van der Waals surface area (Å²) in [5.74, 6) is 0. The minimum atomic E-state index is 0.557. The third-order valence-electron chi connectivity index (χ3n) is 2.33. The maximum atomic E-state index is 5.97. The van der Waals surface area contributed by atoms with Crippen LogP contribution >= 0.6 is 23.2 Å². The van der Waals surface area contributed by atoms with Gasteiger partial charge in [0.15, 0.2) is 0 Å². The van der Waals surface area contributed by atoms with E-state index in [1.54, 1.807) is 12.1 Å². The molecule has 0 unspecified atom stereocenters. The van der Waals surface area contributed by atoms with Crippen molar-refractivity contribution in [2.45, 2.75) is 0 Å². The van der Waals surface area contributed by atoms with Crippen molar-refractivity contribution in [3.63, 3.8) is 0 Å². The predicted octanol–water partition coefficient (Wildman–Crippen LogP) is 5.11. The second kappa shape index (κ2) is 4.73. The van der Waals surface area contributed by atoms with Crippen molar-refractivity contribution in [2.24, 2.45) is 0 Å². The van der Waals surface area contributed by atoms with E-state index in [0.29, 0.717) is 10.0 Å². The molecule has 0 bridgehead atoms. The van der Waals surface area contributed by atoms with Gasteiger partial charge < -0.3 is 0 Å². The van der Waals surface area contributed by atoms with Gasteiger partial charge in [-0.2, -0.15) is 0 Å². The van der Waals surface area contributed by atoms with Gasteiger partial charge in [0.2, 0.25) is 0 Å². The summed E-state index contributed by atoms with van der Waals surface area (Å²) in [4.78, 5) is 0. The van der Waals surface area contributed by atoms with E-state index in [-0.39, 0.29) is 0 Å². The lowest BCUT2D eigenvalue weighted by Gasteiger charge is -2.04. The Kier molecular flexibility index (Phi) is 3.33. The van der Waals surface area contributed by atoms with Gasteiger partial charge in [-0.1, -0.05) is 60.1 Å². The van der Waals surface area contributed by atoms with E-state index in [2.05, 4.69) is 0 Å². The molecule has 2 aromatic carbocycles. The second-order valence-corrected chi connectivity index (χ2v) is 4.24. The van der Waals surface area contributed by atoms with Crippen LogP contribution in [0.4, 0.5) is 0 Å². The highest BCUT2D eigenvalue weighted by Gasteiger charge is 2.02. The monoisotopic (exact) mass is 247 g/mol. The summed E-state index contributed by atoms with van der Waals surface area (Å²) in [6.07, 6.45) is 1.57. The molecule has 1 radical (unpaired) electrons. The first-order valence-corrected chi connectivity index (χ1v) is 5.57. The minimum Gasteiger partial charge on any atom is -0.0827 e. The van der Waals surface area contributed by atoms with Crippen molar-refractivity contribution >= 4 is 29.3 Å². The third-order valence-corrected chi connectivity index (χ3v) is 3.07. The van der Waals surface area contributed by atoms with Crippen molar-refractivity contribution in [3.05, 3.63) is 64.7 Å². The summed E-state index contributed by atoms with van der Waals surface area (Å²) in [7, 11) is 0. The zero-order chi connectivity index (χ0) is 11.5. The van der Waals surface area contributed by atoms with Gasteiger partial charge in [0.25, 0.3) is 0 Å². The van der Waals surface area contributed by atoms with Gasteiger partial charge in [0.05, 0.1) is 10.0 Å². The fourth-order valence-electron chi connectivity index (χ4n) is 1.50. The van der Waals surface area contributed by atoms with Crippen LogP contribution in [-0.4, -0.2) is 0 Å². The summed E-state index contributed by atoms with van der Waals surface area (Å²) in [6, 6.07) is 13.5. The van der Waals surface area contributed by atoms with Crippen LogP contribution in [0, 0.1) is 6.58 Å². The van der Waals surface area contributed by atoms with Gasteiger partial charge in [-0.25, -0.2) is 0 Å². The molecule has 0 aliphatic carbocycles. The van der Waals surface area contributed by atoms with Gasteiger partial charge in [-0.3, -0.25) is 0 Å². The number of halogens is 2. The molecule has 0 atom stereocenters. The molecule has 0 nitrogen and oxygen atoms in total. The van der Waals surface area contributed by atoms with Crippen molar-refractivity contribution in [2.75, 3.05) is 0 Å². The molecule has 2 heteroatoms. The van der Waals surface area contributed by atoms with E-state index in [1.807, 2.05) is 36.4 Å². The van der Waals surface area contributed by atoms with Crippen LogP contribution in [0.5, 0.6) is 0 Å². The van der Waals surface area contributed by atoms with Crippen LogP contribution < -0.4 is 0 Å². The Bertz CT molecular complexity index is 530. The molecule has 0 saturated carbocycles. The Hall–Kier alpha value is -1.24. The molecule has 0 saturated heterocycles. The first-order chi connectivity index (χ1) is 7.70. The number of rotatable bonds is 2. The largest absolute Gasteiger partial charge is 0.0827 e. The van der Waals surface area contributed by atoms with Crippen LogP contribution in [-0.2, 0) is 0 Å². The lowest BCUT2D eigenvalue weighted by atomic mass is 10.0. The van der Waals surface area contributed by atoms with Gasteiger partial charge >= 0.3 is 0 Å². The SMILES string of the molecule is [CH]=Cc1cccc(-c2ccc(Cl)c(Cl)c2)c1. The molecule has 0 spiro atoms. The first kappa shape index (κ1) is 11.3. The number of hydrogen-bond donors (Lipinski definition) is 0. The minimum absolute atomic E-state index is 0.557. The summed E-state index contributed by atoms with van der Waals surface area (Å²) in [5.41, 5.74) is 3.07. The van der Waals surface area contributed by atoms with Crippen molar-refractivity contribution in [3.8, 4) is 11.1 Å². The Morgan fingerprint density at radius 1 is 0.875 bits per heavy atom. The molecule has 16 heavy (non-hydrogen) atoms. The highest BCUT2D eigenvalue weighted by molar-refractivity contribution is 6.42. The topological polar surface area (TPSA) is 0 Å². The molecule has 0 aliphatic heterocycles. The van der Waals surface area contributed by atoms with Crippen molar-refractivity contribution in [1.29, 1.82) is 0 Å². The van der Waals surface area contributed by atoms with E-state index in [1.165, 1.54) is 0 Å². The molecule has 79 valence electrons. The summed E-state index contributed by atoms with van der Waals surface area (Å²) >= 11 is 11.8. The van der Waals surface area contributed by atoms with E-state index in [0.717, 1.165) is 16.7 Å². The number of hydrogen-bond acceptors (Lipinski definition) is 0. The Morgan fingerprint density at radius 2 is 1.62 bits per heavy atom. The summed E-state index contributed by atoms with van der Waals surface area (Å²) in [5, 5.41) is 1.12. The second-order valence-electron chi connectivity index (χ2n) is 3.42. The molecule has 0 fully saturated rings. The van der Waals surface area contributed by atoms with E-state index < -0.39 is 0 Å². The molecule has 0 heterocycles. The maximum absolute atomic E-state index is 5.97. The van der Waals surface area contributed by atoms with Crippen LogP contribution in [0.1, 0.15) is 5.56 Å². The van der Waals surface area contributed by atoms with Crippen LogP contribution in [0.3, 0.4) is 0 Å². The van der Waals surface area contributed by atoms with Gasteiger partial charge in [0.1, 0.15) is 0 Å². The van der Waals surface area contributed by atoms with Crippen molar-refractivity contribution < 1.29 is 0 Å². The zero-order valence-electron chi connectivity index (χ0n) is 8.45. The van der Waals surface area contributed by atoms with E-state index in [9.17, 15) is 0 Å². The normalized spacial score (nSPS) is 10.1. The Labute approximate surface area is 105 Å². The van der Waals surface area contributed by atoms with Gasteiger partial charge in [-0.15, -0.1) is 0 Å². The molecule has 0 aliphatic rings. The van der Waals surface area contributed by atoms with Crippen LogP contribution in [0.2, 0.25) is 10.0 Å². The summed E-state index contributed by atoms with van der Waals surface area (Å²) in [6.45, 7) is 5.48. The van der Waals surface area contributed by atoms with Gasteiger partial charge in [-0.05, 0) is 34.9 Å². The standard InChI is InChI=1S/C14H9Cl2/c1-2-10-4-3-5-11(8-10)12-6-7-13(15)14(16)9-12/h1-9H. The molecule has 2 aromatic rings. The molecule has 0 aromatic heterocycles. The molecule has 0 amide bonds.